The molecule has 5 nitrogen and oxygen atoms in total. The summed E-state index contributed by atoms with van der Waals surface area (Å²) in [6.07, 6.45) is 6.56. The van der Waals surface area contributed by atoms with Gasteiger partial charge in [-0.3, -0.25) is 9.59 Å². The van der Waals surface area contributed by atoms with Crippen LogP contribution in [0, 0.1) is 12.8 Å². The number of aryl methyl sites for hydroxylation is 2. The van der Waals surface area contributed by atoms with E-state index < -0.39 is 5.60 Å². The molecule has 2 amide bonds. The van der Waals surface area contributed by atoms with Crippen molar-refractivity contribution in [2.45, 2.75) is 64.4 Å². The van der Waals surface area contributed by atoms with Crippen molar-refractivity contribution in [3.05, 3.63) is 35.4 Å². The minimum Gasteiger partial charge on any atom is -0.388 e. The van der Waals surface area contributed by atoms with E-state index >= 15 is 0 Å². The Morgan fingerprint density at radius 1 is 1.08 bits per heavy atom. The Labute approximate surface area is 156 Å². The van der Waals surface area contributed by atoms with E-state index in [9.17, 15) is 14.7 Å². The molecule has 1 fully saturated rings. The Hall–Kier alpha value is -1.88. The average Bonchev–Trinajstić information content (AvgIpc) is 2.65. The van der Waals surface area contributed by atoms with Crippen LogP contribution in [0.3, 0.4) is 0 Å². The monoisotopic (exact) mass is 360 g/mol. The normalized spacial score (nSPS) is 17.3. The standard InChI is InChI=1S/C21H32N2O3/c1-16-8-10-17(11-9-16)12-13-19(24)22-14-20(25)23-15-21(2,26)18-6-4-3-5-7-18/h8-11,18,26H,3-7,12-15H2,1-2H3,(H,22,24)(H,23,25)/t21-/m0/s1. The van der Waals surface area contributed by atoms with Crippen molar-refractivity contribution in [3.8, 4) is 0 Å². The summed E-state index contributed by atoms with van der Waals surface area (Å²) in [5, 5.41) is 16.0. The van der Waals surface area contributed by atoms with E-state index in [0.29, 0.717) is 12.8 Å². The molecule has 2 rings (SSSR count). The van der Waals surface area contributed by atoms with Crippen molar-refractivity contribution >= 4 is 11.8 Å². The average molecular weight is 360 g/mol. The largest absolute Gasteiger partial charge is 0.388 e. The third-order valence-electron chi connectivity index (χ3n) is 5.34. The summed E-state index contributed by atoms with van der Waals surface area (Å²) < 4.78 is 0. The molecule has 0 radical (unpaired) electrons. The van der Waals surface area contributed by atoms with Crippen LogP contribution >= 0.6 is 0 Å². The molecule has 1 atom stereocenters. The molecule has 0 unspecified atom stereocenters. The van der Waals surface area contributed by atoms with E-state index in [0.717, 1.165) is 31.2 Å². The van der Waals surface area contributed by atoms with Gasteiger partial charge in [0.05, 0.1) is 12.1 Å². The predicted octanol–water partition coefficient (Wildman–Crippen LogP) is 2.49. The van der Waals surface area contributed by atoms with Crippen molar-refractivity contribution in [2.24, 2.45) is 5.92 Å². The zero-order valence-electron chi connectivity index (χ0n) is 16.0. The molecule has 0 spiro atoms. The van der Waals surface area contributed by atoms with E-state index in [-0.39, 0.29) is 30.8 Å². The van der Waals surface area contributed by atoms with Crippen molar-refractivity contribution in [1.29, 1.82) is 0 Å². The maximum atomic E-state index is 12.0. The van der Waals surface area contributed by atoms with Gasteiger partial charge in [-0.2, -0.15) is 0 Å². The van der Waals surface area contributed by atoms with E-state index in [2.05, 4.69) is 10.6 Å². The summed E-state index contributed by atoms with van der Waals surface area (Å²) in [4.78, 5) is 23.8. The second kappa shape index (κ2) is 9.72. The van der Waals surface area contributed by atoms with E-state index in [1.165, 1.54) is 12.0 Å². The number of nitrogens with one attached hydrogen (secondary N) is 2. The molecule has 3 N–H and O–H groups in total. The number of hydrogen-bond acceptors (Lipinski definition) is 3. The smallest absolute Gasteiger partial charge is 0.239 e. The Kier molecular flexibility index (Phi) is 7.64. The molecule has 0 aliphatic heterocycles. The summed E-state index contributed by atoms with van der Waals surface area (Å²) >= 11 is 0. The molecule has 1 aromatic rings. The van der Waals surface area contributed by atoms with Crippen LogP contribution in [0.15, 0.2) is 24.3 Å². The van der Waals surface area contributed by atoms with Crippen LogP contribution in [-0.2, 0) is 16.0 Å². The van der Waals surface area contributed by atoms with Gasteiger partial charge in [0, 0.05) is 13.0 Å². The van der Waals surface area contributed by atoms with Gasteiger partial charge in [-0.1, -0.05) is 49.1 Å². The summed E-state index contributed by atoms with van der Waals surface area (Å²) in [7, 11) is 0. The van der Waals surface area contributed by atoms with E-state index in [1.54, 1.807) is 6.92 Å². The van der Waals surface area contributed by atoms with Crippen LogP contribution in [0.4, 0.5) is 0 Å². The minimum absolute atomic E-state index is 0.0481. The van der Waals surface area contributed by atoms with Crippen LogP contribution < -0.4 is 10.6 Å². The van der Waals surface area contributed by atoms with Crippen molar-refractivity contribution in [3.63, 3.8) is 0 Å². The third kappa shape index (κ3) is 6.79. The number of rotatable bonds is 8. The molecule has 26 heavy (non-hydrogen) atoms. The molecular weight excluding hydrogens is 328 g/mol. The maximum Gasteiger partial charge on any atom is 0.239 e. The van der Waals surface area contributed by atoms with Gasteiger partial charge in [-0.25, -0.2) is 0 Å². The highest BCUT2D eigenvalue weighted by molar-refractivity contribution is 5.84. The highest BCUT2D eigenvalue weighted by Gasteiger charge is 2.32. The molecule has 1 aliphatic rings. The lowest BCUT2D eigenvalue weighted by atomic mass is 9.78. The van der Waals surface area contributed by atoms with E-state index in [4.69, 9.17) is 0 Å². The quantitative estimate of drug-likeness (QED) is 0.666. The Bertz CT molecular complexity index is 590. The topological polar surface area (TPSA) is 78.4 Å². The molecule has 144 valence electrons. The minimum atomic E-state index is -0.883. The van der Waals surface area contributed by atoms with Crippen molar-refractivity contribution in [1.82, 2.24) is 10.6 Å². The molecule has 1 aromatic carbocycles. The fraction of sp³-hybridized carbons (Fsp3) is 0.619. The SMILES string of the molecule is Cc1ccc(CCC(=O)NCC(=O)NC[C@](C)(O)C2CCCCC2)cc1. The summed E-state index contributed by atoms with van der Waals surface area (Å²) in [6.45, 7) is 4.01. The first-order valence-corrected chi connectivity index (χ1v) is 9.68. The van der Waals surface area contributed by atoms with E-state index in [1.807, 2.05) is 31.2 Å². The van der Waals surface area contributed by atoms with Gasteiger partial charge in [0.15, 0.2) is 0 Å². The molecular formula is C21H32N2O3. The fourth-order valence-corrected chi connectivity index (χ4v) is 3.49. The summed E-state index contributed by atoms with van der Waals surface area (Å²) in [5.41, 5.74) is 1.42. The Balaban J connectivity index is 1.64. The van der Waals surface area contributed by atoms with Gasteiger partial charge < -0.3 is 15.7 Å². The van der Waals surface area contributed by atoms with Gasteiger partial charge in [0.2, 0.25) is 11.8 Å². The molecule has 1 saturated carbocycles. The lowest BCUT2D eigenvalue weighted by Crippen LogP contribution is -2.48. The second-order valence-electron chi connectivity index (χ2n) is 7.73. The summed E-state index contributed by atoms with van der Waals surface area (Å²) in [5.74, 6) is -0.162. The first-order valence-electron chi connectivity index (χ1n) is 9.68. The van der Waals surface area contributed by atoms with Crippen LogP contribution in [-0.4, -0.2) is 35.6 Å². The van der Waals surface area contributed by atoms with Gasteiger partial charge in [-0.05, 0) is 44.6 Å². The van der Waals surface area contributed by atoms with Crippen molar-refractivity contribution < 1.29 is 14.7 Å². The third-order valence-corrected chi connectivity index (χ3v) is 5.34. The zero-order chi connectivity index (χ0) is 19.0. The highest BCUT2D eigenvalue weighted by atomic mass is 16.3. The lowest BCUT2D eigenvalue weighted by Gasteiger charge is -2.35. The molecule has 0 heterocycles. The molecule has 0 aromatic heterocycles. The van der Waals surface area contributed by atoms with Gasteiger partial charge in [0.25, 0.3) is 0 Å². The van der Waals surface area contributed by atoms with Gasteiger partial charge in [0.1, 0.15) is 0 Å². The maximum absolute atomic E-state index is 12.0. The van der Waals surface area contributed by atoms with Crippen LogP contribution in [0.25, 0.3) is 0 Å². The molecule has 0 saturated heterocycles. The first kappa shape index (κ1) is 20.4. The number of benzene rings is 1. The number of amides is 2. The van der Waals surface area contributed by atoms with Crippen molar-refractivity contribution in [2.75, 3.05) is 13.1 Å². The van der Waals surface area contributed by atoms with Gasteiger partial charge in [-0.15, -0.1) is 0 Å². The predicted molar refractivity (Wildman–Crippen MR) is 103 cm³/mol. The number of aliphatic hydroxyl groups is 1. The van der Waals surface area contributed by atoms with Crippen LogP contribution in [0.5, 0.6) is 0 Å². The fourth-order valence-electron chi connectivity index (χ4n) is 3.49. The highest BCUT2D eigenvalue weighted by Crippen LogP contribution is 2.32. The second-order valence-corrected chi connectivity index (χ2v) is 7.73. The number of carbonyl (C=O) groups is 2. The Morgan fingerprint density at radius 3 is 2.38 bits per heavy atom. The van der Waals surface area contributed by atoms with Gasteiger partial charge >= 0.3 is 0 Å². The first-order chi connectivity index (χ1) is 12.4. The summed E-state index contributed by atoms with van der Waals surface area (Å²) in [6, 6.07) is 8.09. The number of carbonyl (C=O) groups excluding carboxylic acids is 2. The molecule has 5 heteroatoms. The lowest BCUT2D eigenvalue weighted by molar-refractivity contribution is -0.127. The van der Waals surface area contributed by atoms with Crippen LogP contribution in [0.1, 0.15) is 56.6 Å². The molecule has 0 bridgehead atoms. The van der Waals surface area contributed by atoms with Crippen LogP contribution in [0.2, 0.25) is 0 Å². The zero-order valence-corrected chi connectivity index (χ0v) is 16.0. The number of hydrogen-bond donors (Lipinski definition) is 3. The molecule has 1 aliphatic carbocycles. The Morgan fingerprint density at radius 2 is 1.73 bits per heavy atom.